The van der Waals surface area contributed by atoms with Gasteiger partial charge in [0.1, 0.15) is 11.0 Å². The molecule has 164 valence electrons. The van der Waals surface area contributed by atoms with Crippen LogP contribution in [-0.2, 0) is 11.3 Å². The number of hydrogen-bond acceptors (Lipinski definition) is 4. The van der Waals surface area contributed by atoms with Gasteiger partial charge in [-0.05, 0) is 37.1 Å². The van der Waals surface area contributed by atoms with Gasteiger partial charge in [-0.3, -0.25) is 14.2 Å². The molecule has 0 saturated carbocycles. The van der Waals surface area contributed by atoms with E-state index in [0.29, 0.717) is 30.7 Å². The fourth-order valence-electron chi connectivity index (χ4n) is 4.53. The van der Waals surface area contributed by atoms with Crippen molar-refractivity contribution in [2.75, 3.05) is 31.1 Å². The number of hydrogen-bond donors (Lipinski definition) is 1. The third-order valence-electron chi connectivity index (χ3n) is 6.38. The lowest BCUT2D eigenvalue weighted by atomic mass is 10.1. The second kappa shape index (κ2) is 8.15. The molecule has 1 N–H and O–H groups in total. The number of para-hydroxylation sites is 1. The molecule has 2 aromatic carbocycles. The Bertz CT molecular complexity index is 1360. The Morgan fingerprint density at radius 3 is 2.66 bits per heavy atom. The Morgan fingerprint density at radius 2 is 1.84 bits per heavy atom. The molecule has 4 aromatic rings. The largest absolute Gasteiger partial charge is 0.368 e. The summed E-state index contributed by atoms with van der Waals surface area (Å²) >= 11 is 0. The topological polar surface area (TPSA) is 74.2 Å². The zero-order valence-electron chi connectivity index (χ0n) is 18.5. The van der Waals surface area contributed by atoms with Crippen molar-refractivity contribution < 1.29 is 4.79 Å². The number of H-pyrrole nitrogens is 1. The van der Waals surface area contributed by atoms with Crippen molar-refractivity contribution in [1.29, 1.82) is 0 Å². The van der Waals surface area contributed by atoms with Gasteiger partial charge < -0.3 is 14.8 Å². The van der Waals surface area contributed by atoms with Gasteiger partial charge in [0.05, 0.1) is 6.33 Å². The molecule has 0 radical (unpaired) electrons. The molecule has 5 rings (SSSR count). The van der Waals surface area contributed by atoms with Gasteiger partial charge in [-0.1, -0.05) is 30.3 Å². The van der Waals surface area contributed by atoms with E-state index in [1.165, 1.54) is 21.4 Å². The minimum atomic E-state index is -0.140. The van der Waals surface area contributed by atoms with Crippen LogP contribution >= 0.6 is 0 Å². The Balaban J connectivity index is 1.24. The number of rotatable bonds is 4. The molecule has 1 amide bonds. The van der Waals surface area contributed by atoms with Crippen molar-refractivity contribution in [1.82, 2.24) is 19.4 Å². The molecular formula is C25H27N5O2. The van der Waals surface area contributed by atoms with Crippen LogP contribution < -0.4 is 10.5 Å². The number of amides is 1. The summed E-state index contributed by atoms with van der Waals surface area (Å²) in [6, 6.07) is 14.2. The Kier molecular flexibility index (Phi) is 5.17. The highest BCUT2D eigenvalue weighted by Gasteiger charge is 2.22. The summed E-state index contributed by atoms with van der Waals surface area (Å²) in [5, 5.41) is 0.935. The van der Waals surface area contributed by atoms with Crippen LogP contribution in [0.15, 0.2) is 53.6 Å². The SMILES string of the molecule is Cc1ccc(C)c(N2CCN(C(=O)CCn3cnc4c([nH]c5ccccc54)c3=O)CC2)c1. The van der Waals surface area contributed by atoms with E-state index in [0.717, 1.165) is 24.0 Å². The van der Waals surface area contributed by atoms with Gasteiger partial charge in [0.15, 0.2) is 0 Å². The van der Waals surface area contributed by atoms with E-state index in [1.54, 1.807) is 6.33 Å². The highest BCUT2D eigenvalue weighted by atomic mass is 16.2. The Labute approximate surface area is 186 Å². The van der Waals surface area contributed by atoms with Crippen LogP contribution in [0.5, 0.6) is 0 Å². The molecule has 1 saturated heterocycles. The van der Waals surface area contributed by atoms with Gasteiger partial charge in [-0.25, -0.2) is 4.98 Å². The van der Waals surface area contributed by atoms with E-state index in [9.17, 15) is 9.59 Å². The lowest BCUT2D eigenvalue weighted by molar-refractivity contribution is -0.131. The number of anilines is 1. The minimum Gasteiger partial charge on any atom is -0.368 e. The fraction of sp³-hybridized carbons (Fsp3) is 0.320. The third kappa shape index (κ3) is 3.64. The minimum absolute atomic E-state index is 0.0780. The summed E-state index contributed by atoms with van der Waals surface area (Å²) < 4.78 is 1.53. The normalized spacial score (nSPS) is 14.4. The first kappa shape index (κ1) is 20.3. The fourth-order valence-corrected chi connectivity index (χ4v) is 4.53. The molecule has 3 heterocycles. The van der Waals surface area contributed by atoms with Gasteiger partial charge in [0.25, 0.3) is 5.56 Å². The van der Waals surface area contributed by atoms with Crippen molar-refractivity contribution in [2.45, 2.75) is 26.8 Å². The van der Waals surface area contributed by atoms with Crippen LogP contribution in [0.1, 0.15) is 17.5 Å². The number of aromatic amines is 1. The summed E-state index contributed by atoms with van der Waals surface area (Å²) in [6.45, 7) is 7.58. The quantitative estimate of drug-likeness (QED) is 0.541. The number of carbonyl (C=O) groups excluding carboxylic acids is 1. The van der Waals surface area contributed by atoms with Crippen molar-refractivity contribution >= 4 is 33.5 Å². The summed E-state index contributed by atoms with van der Waals surface area (Å²) in [4.78, 5) is 37.6. The van der Waals surface area contributed by atoms with Crippen molar-refractivity contribution in [3.05, 3.63) is 70.3 Å². The predicted molar refractivity (Wildman–Crippen MR) is 127 cm³/mol. The zero-order valence-corrected chi connectivity index (χ0v) is 18.5. The van der Waals surface area contributed by atoms with Crippen LogP contribution in [0.3, 0.4) is 0 Å². The molecule has 2 aromatic heterocycles. The standard InChI is InChI=1S/C25H27N5O2/c1-17-7-8-18(2)21(15-17)28-11-13-29(14-12-28)22(31)9-10-30-16-26-23-19-5-3-4-6-20(19)27-24(23)25(30)32/h3-8,15-16,27H,9-14H2,1-2H3. The van der Waals surface area contributed by atoms with E-state index < -0.39 is 0 Å². The average molecular weight is 430 g/mol. The number of nitrogens with zero attached hydrogens (tertiary/aromatic N) is 4. The highest BCUT2D eigenvalue weighted by Crippen LogP contribution is 2.23. The van der Waals surface area contributed by atoms with Gasteiger partial charge in [0, 0.05) is 55.7 Å². The molecule has 0 atom stereocenters. The number of aromatic nitrogens is 3. The van der Waals surface area contributed by atoms with Crippen molar-refractivity contribution in [3.63, 3.8) is 0 Å². The van der Waals surface area contributed by atoms with E-state index in [2.05, 4.69) is 46.9 Å². The van der Waals surface area contributed by atoms with Crippen LogP contribution in [0.25, 0.3) is 21.9 Å². The van der Waals surface area contributed by atoms with Gasteiger partial charge >= 0.3 is 0 Å². The Morgan fingerprint density at radius 1 is 1.06 bits per heavy atom. The molecule has 0 unspecified atom stereocenters. The second-order valence-corrected chi connectivity index (χ2v) is 8.55. The molecule has 32 heavy (non-hydrogen) atoms. The van der Waals surface area contributed by atoms with Crippen molar-refractivity contribution in [3.8, 4) is 0 Å². The zero-order chi connectivity index (χ0) is 22.2. The lowest BCUT2D eigenvalue weighted by Crippen LogP contribution is -2.49. The summed E-state index contributed by atoms with van der Waals surface area (Å²) in [5.74, 6) is 0.0780. The monoisotopic (exact) mass is 429 g/mol. The highest BCUT2D eigenvalue weighted by molar-refractivity contribution is 6.04. The van der Waals surface area contributed by atoms with Gasteiger partial charge in [-0.2, -0.15) is 0 Å². The molecule has 0 bridgehead atoms. The number of piperazine rings is 1. The molecule has 1 aliphatic rings. The first-order chi connectivity index (χ1) is 15.5. The van der Waals surface area contributed by atoms with Gasteiger partial charge in [0.2, 0.25) is 5.91 Å². The summed E-state index contributed by atoms with van der Waals surface area (Å²) in [5.41, 5.74) is 5.67. The number of aryl methyl sites for hydroxylation is 3. The summed E-state index contributed by atoms with van der Waals surface area (Å²) in [6.07, 6.45) is 1.84. The van der Waals surface area contributed by atoms with E-state index >= 15 is 0 Å². The number of benzene rings is 2. The maximum atomic E-state index is 12.9. The first-order valence-electron chi connectivity index (χ1n) is 11.1. The van der Waals surface area contributed by atoms with Crippen molar-refractivity contribution in [2.24, 2.45) is 0 Å². The molecule has 7 heteroatoms. The van der Waals surface area contributed by atoms with Crippen LogP contribution in [0, 0.1) is 13.8 Å². The molecular weight excluding hydrogens is 402 g/mol. The number of carbonyl (C=O) groups is 1. The van der Waals surface area contributed by atoms with Crippen LogP contribution in [0.4, 0.5) is 5.69 Å². The van der Waals surface area contributed by atoms with Crippen LogP contribution in [-0.4, -0.2) is 51.5 Å². The lowest BCUT2D eigenvalue weighted by Gasteiger charge is -2.37. The van der Waals surface area contributed by atoms with E-state index in [1.807, 2.05) is 29.2 Å². The second-order valence-electron chi connectivity index (χ2n) is 8.55. The van der Waals surface area contributed by atoms with Crippen LogP contribution in [0.2, 0.25) is 0 Å². The first-order valence-corrected chi connectivity index (χ1v) is 11.1. The summed E-state index contributed by atoms with van der Waals surface area (Å²) in [7, 11) is 0. The molecule has 1 fully saturated rings. The predicted octanol–water partition coefficient (Wildman–Crippen LogP) is 3.23. The molecule has 0 aliphatic carbocycles. The number of nitrogens with one attached hydrogen (secondary N) is 1. The molecule has 7 nitrogen and oxygen atoms in total. The maximum absolute atomic E-state index is 12.9. The molecule has 0 spiro atoms. The smallest absolute Gasteiger partial charge is 0.277 e. The van der Waals surface area contributed by atoms with E-state index in [4.69, 9.17) is 0 Å². The third-order valence-corrected chi connectivity index (χ3v) is 6.38. The Hall–Kier alpha value is -3.61. The van der Waals surface area contributed by atoms with E-state index in [-0.39, 0.29) is 17.9 Å². The maximum Gasteiger partial charge on any atom is 0.277 e. The molecule has 1 aliphatic heterocycles. The number of fused-ring (bicyclic) bond motifs is 3. The van der Waals surface area contributed by atoms with Gasteiger partial charge in [-0.15, -0.1) is 0 Å². The average Bonchev–Trinajstić information content (AvgIpc) is 3.20.